The van der Waals surface area contributed by atoms with Crippen LogP contribution in [-0.2, 0) is 0 Å². The van der Waals surface area contributed by atoms with Crippen molar-refractivity contribution in [2.45, 2.75) is 0 Å². The van der Waals surface area contributed by atoms with E-state index in [1.165, 1.54) is 0 Å². The fourth-order valence-electron chi connectivity index (χ4n) is 3.04. The number of carbonyl (C=O) groups is 7. The summed E-state index contributed by atoms with van der Waals surface area (Å²) < 4.78 is 0. The van der Waals surface area contributed by atoms with Crippen molar-refractivity contribution in [1.82, 2.24) is 0 Å². The Kier molecular flexibility index (Phi) is 30.0. The normalized spacial score (nSPS) is 8.53. The Labute approximate surface area is 366 Å². The first kappa shape index (κ1) is 52.6. The van der Waals surface area contributed by atoms with E-state index in [2.05, 4.69) is 0 Å². The summed E-state index contributed by atoms with van der Waals surface area (Å²) >= 11 is 0. The van der Waals surface area contributed by atoms with Gasteiger partial charge in [-0.3, -0.25) is 0 Å². The molecule has 2 aromatic rings. The number of carboxylic acids is 7. The van der Waals surface area contributed by atoms with E-state index in [1.807, 2.05) is 0 Å². The second-order valence-electron chi connectivity index (χ2n) is 5.61. The molecular weight excluding hydrogens is 589 g/mol. The van der Waals surface area contributed by atoms with E-state index in [1.54, 1.807) is 0 Å². The van der Waals surface area contributed by atoms with Crippen LogP contribution in [-0.4, -0.2) is 41.8 Å². The van der Waals surface area contributed by atoms with Crippen LogP contribution in [0.4, 0.5) is 0 Å². The third-order valence-electron chi connectivity index (χ3n) is 4.04. The van der Waals surface area contributed by atoms with Gasteiger partial charge in [0.15, 0.2) is 0 Å². The van der Waals surface area contributed by atoms with Crippen molar-refractivity contribution in [3.8, 4) is 0 Å². The zero-order valence-corrected chi connectivity index (χ0v) is 35.3. The van der Waals surface area contributed by atoms with Gasteiger partial charge in [0.1, 0.15) is 0 Å². The maximum absolute atomic E-state index is 11.6. The van der Waals surface area contributed by atoms with Crippen molar-refractivity contribution in [3.63, 3.8) is 0 Å². The molecule has 0 aliphatic heterocycles. The molecule has 0 amide bonds. The van der Waals surface area contributed by atoms with E-state index in [-0.39, 0.29) is 213 Å². The average molecular weight is 590 g/mol. The molecule has 21 heteroatoms. The second-order valence-corrected chi connectivity index (χ2v) is 5.61. The number of carboxylic acid groups (broad SMARTS) is 7. The van der Waals surface area contributed by atoms with E-state index < -0.39 is 91.5 Å². The minimum absolute atomic E-state index is 0. The summed E-state index contributed by atoms with van der Waals surface area (Å²) in [4.78, 5) is 80.4. The average Bonchev–Trinajstić information content (AvgIpc) is 2.62. The number of rotatable bonds is 7. The topological polar surface area (TPSA) is 281 Å². The standard InChI is InChI=1S/C17H8O14.7Na/c18-11(19)2-1-3(12(20)21)5(13(22)23)6-4(2)7(14(24)25)9(16(28)29)10(17(30)31)8(6)15(26)27;;;;;;;/h1H,(H,18,19)(H,20,21)(H,22,23)(H,24,25)(H,26,27)(H,28,29)(H,30,31);;;;;;;/q;7*+1/p-7. The number of hydrogen-bond donors (Lipinski definition) is 0. The van der Waals surface area contributed by atoms with Crippen LogP contribution in [0, 0.1) is 0 Å². The molecule has 2 aromatic carbocycles. The summed E-state index contributed by atoms with van der Waals surface area (Å²) in [5.74, 6) is -18.2. The van der Waals surface area contributed by atoms with Crippen molar-refractivity contribution in [1.29, 1.82) is 0 Å². The molecular formula is C17HNa7O14. The number of fused-ring (bicyclic) bond motifs is 1. The quantitative estimate of drug-likeness (QED) is 0.271. The molecule has 0 N–H and O–H groups in total. The number of benzene rings is 2. The van der Waals surface area contributed by atoms with Gasteiger partial charge in [0.2, 0.25) is 0 Å². The Balaban J connectivity index is -0.000000366. The molecule has 0 heterocycles. The zero-order chi connectivity index (χ0) is 23.9. The summed E-state index contributed by atoms with van der Waals surface area (Å²) in [5.41, 5.74) is -12.7. The molecule has 0 aromatic heterocycles. The van der Waals surface area contributed by atoms with Crippen molar-refractivity contribution in [2.24, 2.45) is 0 Å². The number of aromatic carboxylic acids is 7. The summed E-state index contributed by atoms with van der Waals surface area (Å²) in [6, 6.07) is -0.0403. The number of carbonyl (C=O) groups excluding carboxylic acids is 7. The van der Waals surface area contributed by atoms with Crippen LogP contribution in [0.25, 0.3) is 10.8 Å². The molecule has 0 radical (unpaired) electrons. The molecule has 2 rings (SSSR count). The minimum Gasteiger partial charge on any atom is -0.545 e. The molecule has 0 saturated carbocycles. The van der Waals surface area contributed by atoms with Crippen molar-refractivity contribution >= 4 is 52.6 Å². The Morgan fingerprint density at radius 2 is 0.605 bits per heavy atom. The predicted octanol–water partition coefficient (Wildman–Crippen LogP) is -29.6. The maximum Gasteiger partial charge on any atom is 1.00 e. The third kappa shape index (κ3) is 10.6. The van der Waals surface area contributed by atoms with E-state index in [0.29, 0.717) is 0 Å². The fourth-order valence-corrected chi connectivity index (χ4v) is 3.04. The van der Waals surface area contributed by atoms with Gasteiger partial charge >= 0.3 is 207 Å². The third-order valence-corrected chi connectivity index (χ3v) is 4.04. The first-order chi connectivity index (χ1) is 14.2. The first-order valence-corrected chi connectivity index (χ1v) is 7.44. The van der Waals surface area contributed by atoms with Crippen LogP contribution in [0.15, 0.2) is 6.07 Å². The SMILES string of the molecule is O=C([O-])c1cc(C(=O)[O-])c2c(C(=O)[O-])c(C(=O)[O-])c(C(=O)[O-])c(C(=O)[O-])c2c1C(=O)[O-].[Na+].[Na+].[Na+].[Na+].[Na+].[Na+].[Na+]. The van der Waals surface area contributed by atoms with Gasteiger partial charge in [0.05, 0.1) is 41.8 Å². The van der Waals surface area contributed by atoms with Crippen molar-refractivity contribution < 1.29 is 276 Å². The van der Waals surface area contributed by atoms with Crippen LogP contribution in [0.2, 0.25) is 0 Å². The predicted molar refractivity (Wildman–Crippen MR) is 74.3 cm³/mol. The molecule has 0 atom stereocenters. The molecule has 0 saturated heterocycles. The minimum atomic E-state index is -2.71. The fraction of sp³-hybridized carbons (Fsp3) is 0. The smallest absolute Gasteiger partial charge is 0.545 e. The Morgan fingerprint density at radius 3 is 0.842 bits per heavy atom. The van der Waals surface area contributed by atoms with Crippen molar-refractivity contribution in [3.05, 3.63) is 45.0 Å². The number of hydrogen-bond acceptors (Lipinski definition) is 14. The van der Waals surface area contributed by atoms with Gasteiger partial charge < -0.3 is 69.3 Å². The van der Waals surface area contributed by atoms with Crippen LogP contribution >= 0.6 is 0 Å². The first-order valence-electron chi connectivity index (χ1n) is 7.44. The zero-order valence-electron chi connectivity index (χ0n) is 21.3. The molecule has 0 fully saturated rings. The van der Waals surface area contributed by atoms with Gasteiger partial charge in [-0.25, -0.2) is 0 Å². The van der Waals surface area contributed by atoms with Gasteiger partial charge in [0, 0.05) is 49.7 Å². The second kappa shape index (κ2) is 21.6. The molecule has 0 aliphatic rings. The van der Waals surface area contributed by atoms with E-state index >= 15 is 0 Å². The summed E-state index contributed by atoms with van der Waals surface area (Å²) in [6.45, 7) is 0. The summed E-state index contributed by atoms with van der Waals surface area (Å²) in [6.07, 6.45) is 0. The molecule has 38 heavy (non-hydrogen) atoms. The van der Waals surface area contributed by atoms with Crippen LogP contribution in [0.1, 0.15) is 72.5 Å². The van der Waals surface area contributed by atoms with Crippen LogP contribution in [0.3, 0.4) is 0 Å². The van der Waals surface area contributed by atoms with Gasteiger partial charge in [-0.1, -0.05) is 0 Å². The Morgan fingerprint density at radius 1 is 0.342 bits per heavy atom. The Bertz CT molecular complexity index is 1290. The Hall–Kier alpha value is 1.99. The van der Waals surface area contributed by atoms with Gasteiger partial charge in [0.25, 0.3) is 0 Å². The molecule has 0 bridgehead atoms. The van der Waals surface area contributed by atoms with Crippen LogP contribution in [0.5, 0.6) is 0 Å². The molecule has 0 unspecified atom stereocenters. The maximum atomic E-state index is 11.6. The van der Waals surface area contributed by atoms with Crippen molar-refractivity contribution in [2.75, 3.05) is 0 Å². The van der Waals surface area contributed by atoms with Gasteiger partial charge in [-0.15, -0.1) is 0 Å². The summed E-state index contributed by atoms with van der Waals surface area (Å²) in [5, 5.41) is 77.2. The van der Waals surface area contributed by atoms with Gasteiger partial charge in [-0.2, -0.15) is 0 Å². The van der Waals surface area contributed by atoms with E-state index in [9.17, 15) is 69.3 Å². The van der Waals surface area contributed by atoms with Gasteiger partial charge in [-0.05, 0) is 6.07 Å². The molecule has 0 aliphatic carbocycles. The molecule has 0 spiro atoms. The van der Waals surface area contributed by atoms with E-state index in [0.717, 1.165) is 0 Å². The molecule has 14 nitrogen and oxygen atoms in total. The van der Waals surface area contributed by atoms with Crippen LogP contribution < -0.4 is 243 Å². The largest absolute Gasteiger partial charge is 1.00 e. The summed E-state index contributed by atoms with van der Waals surface area (Å²) in [7, 11) is 0. The van der Waals surface area contributed by atoms with E-state index in [4.69, 9.17) is 0 Å². The molecule has 160 valence electrons. The monoisotopic (exact) mass is 590 g/mol.